The van der Waals surface area contributed by atoms with Crippen molar-refractivity contribution in [3.8, 4) is 5.75 Å². The Morgan fingerprint density at radius 1 is 1.43 bits per heavy atom. The quantitative estimate of drug-likeness (QED) is 0.369. The molecule has 0 unspecified atom stereocenters. The number of ether oxygens (including phenoxy) is 1. The van der Waals surface area contributed by atoms with Crippen LogP contribution in [0.3, 0.4) is 0 Å². The highest BCUT2D eigenvalue weighted by atomic mass is 32.2. The molecule has 0 aliphatic carbocycles. The molecule has 0 heterocycles. The summed E-state index contributed by atoms with van der Waals surface area (Å²) in [6.07, 6.45) is 0.480. The largest absolute Gasteiger partial charge is 0.491 e. The van der Waals surface area contributed by atoms with Crippen molar-refractivity contribution in [2.45, 2.75) is 19.4 Å². The van der Waals surface area contributed by atoms with Gasteiger partial charge in [-0.15, -0.1) is 0 Å². The Labute approximate surface area is 129 Å². The minimum atomic E-state index is -0.598. The average molecular weight is 314 g/mol. The molecule has 1 aromatic rings. The molecule has 0 aromatic heterocycles. The van der Waals surface area contributed by atoms with E-state index in [0.717, 1.165) is 24.5 Å². The summed E-state index contributed by atoms with van der Waals surface area (Å²) in [5.74, 6) is 2.77. The van der Waals surface area contributed by atoms with E-state index in [1.54, 1.807) is 0 Å². The smallest absolute Gasteiger partial charge is 0.269 e. The van der Waals surface area contributed by atoms with Crippen molar-refractivity contribution in [2.24, 2.45) is 0 Å². The molecule has 6 nitrogen and oxygen atoms in total. The van der Waals surface area contributed by atoms with Gasteiger partial charge in [-0.1, -0.05) is 6.92 Å². The first-order valence-corrected chi connectivity index (χ1v) is 8.12. The summed E-state index contributed by atoms with van der Waals surface area (Å²) in [6.45, 7) is 3.65. The first-order valence-electron chi connectivity index (χ1n) is 6.97. The van der Waals surface area contributed by atoms with Crippen molar-refractivity contribution in [1.29, 1.82) is 0 Å². The van der Waals surface area contributed by atoms with Gasteiger partial charge in [-0.3, -0.25) is 10.1 Å². The van der Waals surface area contributed by atoms with Crippen molar-refractivity contribution in [1.82, 2.24) is 5.32 Å². The molecule has 0 saturated carbocycles. The lowest BCUT2D eigenvalue weighted by Gasteiger charge is -2.13. The first-order chi connectivity index (χ1) is 10.1. The monoisotopic (exact) mass is 314 g/mol. The van der Waals surface area contributed by atoms with Crippen LogP contribution < -0.4 is 10.1 Å². The lowest BCUT2D eigenvalue weighted by Crippen LogP contribution is -2.32. The predicted octanol–water partition coefficient (Wildman–Crippen LogP) is 2.07. The van der Waals surface area contributed by atoms with Crippen LogP contribution >= 0.6 is 11.8 Å². The molecule has 0 aliphatic heterocycles. The maximum atomic E-state index is 10.5. The normalized spacial score (nSPS) is 12.1. The van der Waals surface area contributed by atoms with Crippen LogP contribution in [0.25, 0.3) is 0 Å². The van der Waals surface area contributed by atoms with E-state index in [4.69, 9.17) is 4.74 Å². The molecular weight excluding hydrogens is 292 g/mol. The summed E-state index contributed by atoms with van der Waals surface area (Å²) in [7, 11) is 0. The van der Waals surface area contributed by atoms with Crippen molar-refractivity contribution in [3.05, 3.63) is 34.4 Å². The molecule has 0 spiro atoms. The second kappa shape index (κ2) is 10.4. The zero-order valence-corrected chi connectivity index (χ0v) is 13.0. The second-order valence-corrected chi connectivity index (χ2v) is 5.86. The van der Waals surface area contributed by atoms with E-state index in [2.05, 4.69) is 12.2 Å². The summed E-state index contributed by atoms with van der Waals surface area (Å²) in [4.78, 5) is 10.0. The molecule has 1 aromatic carbocycles. The van der Waals surface area contributed by atoms with Crippen molar-refractivity contribution >= 4 is 17.4 Å². The molecular formula is C14H22N2O4S. The molecule has 0 amide bonds. The van der Waals surface area contributed by atoms with E-state index >= 15 is 0 Å². The fourth-order valence-electron chi connectivity index (χ4n) is 1.63. The van der Waals surface area contributed by atoms with Crippen LogP contribution in [0.4, 0.5) is 5.69 Å². The molecule has 0 aliphatic rings. The Kier molecular flexibility index (Phi) is 8.80. The molecule has 0 fully saturated rings. The van der Waals surface area contributed by atoms with E-state index in [0.29, 0.717) is 12.3 Å². The Hall–Kier alpha value is -1.31. The van der Waals surface area contributed by atoms with Gasteiger partial charge in [-0.25, -0.2) is 0 Å². The van der Waals surface area contributed by atoms with Gasteiger partial charge in [-0.2, -0.15) is 11.8 Å². The highest BCUT2D eigenvalue weighted by molar-refractivity contribution is 7.99. The van der Waals surface area contributed by atoms with Gasteiger partial charge in [0.15, 0.2) is 0 Å². The number of hydrogen-bond acceptors (Lipinski definition) is 6. The number of nitrogens with zero attached hydrogens (tertiary/aromatic N) is 1. The van der Waals surface area contributed by atoms with Gasteiger partial charge in [0.25, 0.3) is 5.69 Å². The number of nitro benzene ring substituents is 1. The van der Waals surface area contributed by atoms with Crippen LogP contribution in [0, 0.1) is 10.1 Å². The standard InChI is InChI=1S/C14H22N2O4S/c1-2-21-9-3-8-15-10-13(17)11-20-14-6-4-12(5-7-14)16(18)19/h4-7,13,15,17H,2-3,8-11H2,1H3/t13-/m1/s1. The fraction of sp³-hybridized carbons (Fsp3) is 0.571. The van der Waals surface area contributed by atoms with Crippen molar-refractivity contribution in [2.75, 3.05) is 31.2 Å². The summed E-state index contributed by atoms with van der Waals surface area (Å²) in [6, 6.07) is 5.82. The Balaban J connectivity index is 2.14. The zero-order valence-electron chi connectivity index (χ0n) is 12.2. The van der Waals surface area contributed by atoms with Crippen molar-refractivity contribution in [3.63, 3.8) is 0 Å². The molecule has 7 heteroatoms. The molecule has 1 rings (SSSR count). The molecule has 118 valence electrons. The Morgan fingerprint density at radius 3 is 2.76 bits per heavy atom. The third kappa shape index (κ3) is 7.89. The Bertz CT molecular complexity index is 414. The van der Waals surface area contributed by atoms with E-state index in [1.807, 2.05) is 11.8 Å². The molecule has 21 heavy (non-hydrogen) atoms. The summed E-state index contributed by atoms with van der Waals surface area (Å²) < 4.78 is 5.38. The van der Waals surface area contributed by atoms with Crippen LogP contribution in [0.15, 0.2) is 24.3 Å². The molecule has 2 N–H and O–H groups in total. The minimum Gasteiger partial charge on any atom is -0.491 e. The van der Waals surface area contributed by atoms with Crippen LogP contribution in [0.2, 0.25) is 0 Å². The van der Waals surface area contributed by atoms with Gasteiger partial charge in [0, 0.05) is 18.7 Å². The third-order valence-corrected chi connectivity index (χ3v) is 3.70. The zero-order chi connectivity index (χ0) is 15.5. The highest BCUT2D eigenvalue weighted by Gasteiger charge is 2.07. The van der Waals surface area contributed by atoms with E-state index in [1.165, 1.54) is 24.3 Å². The van der Waals surface area contributed by atoms with Crippen LogP contribution in [0.5, 0.6) is 5.75 Å². The third-order valence-electron chi connectivity index (χ3n) is 2.72. The summed E-state index contributed by atoms with van der Waals surface area (Å²) in [5.41, 5.74) is 0.0227. The SMILES string of the molecule is CCSCCCNC[C@@H](O)COc1ccc([N+](=O)[O-])cc1. The lowest BCUT2D eigenvalue weighted by atomic mass is 10.3. The number of aliphatic hydroxyl groups excluding tert-OH is 1. The number of rotatable bonds is 11. The number of non-ortho nitro benzene ring substituents is 1. The first kappa shape index (κ1) is 17.7. The number of aliphatic hydroxyl groups is 1. The fourth-order valence-corrected chi connectivity index (χ4v) is 2.26. The van der Waals surface area contributed by atoms with Gasteiger partial charge < -0.3 is 15.2 Å². The van der Waals surface area contributed by atoms with Crippen LogP contribution in [0.1, 0.15) is 13.3 Å². The number of hydrogen-bond donors (Lipinski definition) is 2. The van der Waals surface area contributed by atoms with E-state index in [9.17, 15) is 15.2 Å². The number of nitrogens with one attached hydrogen (secondary N) is 1. The Morgan fingerprint density at radius 2 is 2.14 bits per heavy atom. The maximum Gasteiger partial charge on any atom is 0.269 e. The maximum absolute atomic E-state index is 10.5. The minimum absolute atomic E-state index is 0.0227. The van der Waals surface area contributed by atoms with Gasteiger partial charge in [0.2, 0.25) is 0 Å². The van der Waals surface area contributed by atoms with Gasteiger partial charge in [0.05, 0.1) is 4.92 Å². The number of thioether (sulfide) groups is 1. The number of nitro groups is 1. The van der Waals surface area contributed by atoms with Gasteiger partial charge in [-0.05, 0) is 36.6 Å². The van der Waals surface area contributed by atoms with Gasteiger partial charge >= 0.3 is 0 Å². The lowest BCUT2D eigenvalue weighted by molar-refractivity contribution is -0.384. The van der Waals surface area contributed by atoms with E-state index < -0.39 is 11.0 Å². The highest BCUT2D eigenvalue weighted by Crippen LogP contribution is 2.17. The van der Waals surface area contributed by atoms with E-state index in [-0.39, 0.29) is 12.3 Å². The average Bonchev–Trinajstić information content (AvgIpc) is 2.49. The van der Waals surface area contributed by atoms with Crippen molar-refractivity contribution < 1.29 is 14.8 Å². The molecule has 1 atom stereocenters. The topological polar surface area (TPSA) is 84.6 Å². The predicted molar refractivity (Wildman–Crippen MR) is 85.1 cm³/mol. The molecule has 0 bridgehead atoms. The van der Waals surface area contributed by atoms with Crippen LogP contribution in [-0.4, -0.2) is 47.3 Å². The summed E-state index contributed by atoms with van der Waals surface area (Å²) in [5, 5.41) is 23.4. The molecule has 0 radical (unpaired) electrons. The van der Waals surface area contributed by atoms with Gasteiger partial charge in [0.1, 0.15) is 18.5 Å². The number of benzene rings is 1. The molecule has 0 saturated heterocycles. The van der Waals surface area contributed by atoms with Crippen LogP contribution in [-0.2, 0) is 0 Å². The summed E-state index contributed by atoms with van der Waals surface area (Å²) >= 11 is 1.90. The second-order valence-electron chi connectivity index (χ2n) is 4.47.